The van der Waals surface area contributed by atoms with Crippen molar-refractivity contribution in [2.24, 2.45) is 4.99 Å². The molecular formula is C33H42N4O4. The monoisotopic (exact) mass is 558 g/mol. The van der Waals surface area contributed by atoms with Crippen molar-refractivity contribution in [3.05, 3.63) is 107 Å². The van der Waals surface area contributed by atoms with Crippen LogP contribution in [-0.2, 0) is 22.6 Å². The van der Waals surface area contributed by atoms with Gasteiger partial charge < -0.3 is 14.8 Å². The largest absolute Gasteiger partial charge is 0.444 e. The van der Waals surface area contributed by atoms with Crippen LogP contribution < -0.4 is 16.0 Å². The van der Waals surface area contributed by atoms with E-state index in [0.29, 0.717) is 6.54 Å². The zero-order valence-electron chi connectivity index (χ0n) is 24.9. The van der Waals surface area contributed by atoms with Gasteiger partial charge >= 0.3 is 12.2 Å². The number of amides is 2. The van der Waals surface area contributed by atoms with E-state index >= 15 is 0 Å². The Morgan fingerprint density at radius 2 is 1.20 bits per heavy atom. The number of hydrogen-bond acceptors (Lipinski definition) is 6. The minimum Gasteiger partial charge on any atom is -0.444 e. The third kappa shape index (κ3) is 11.8. The van der Waals surface area contributed by atoms with Gasteiger partial charge in [-0.2, -0.15) is 0 Å². The molecule has 3 N–H and O–H groups in total. The Labute approximate surface area is 243 Å². The van der Waals surface area contributed by atoms with Crippen LogP contribution in [0, 0.1) is 0 Å². The van der Waals surface area contributed by atoms with Crippen LogP contribution in [0.5, 0.6) is 0 Å². The Bertz CT molecular complexity index is 1220. The molecule has 3 rings (SSSR count). The molecule has 41 heavy (non-hydrogen) atoms. The second-order valence-electron chi connectivity index (χ2n) is 11.7. The number of benzene rings is 3. The Hall–Kier alpha value is -4.17. The van der Waals surface area contributed by atoms with E-state index in [1.807, 2.05) is 24.3 Å². The summed E-state index contributed by atoms with van der Waals surface area (Å²) >= 11 is 0. The predicted molar refractivity (Wildman–Crippen MR) is 163 cm³/mol. The SMILES string of the molecule is CC(C)(C)OC(=O)NC(=NCc1cccc(CNCC(c2ccccc2)c2ccccc2)c1)NC(=O)OC(C)(C)C. The molecule has 0 aliphatic rings. The van der Waals surface area contributed by atoms with E-state index in [0.717, 1.165) is 17.7 Å². The quantitative estimate of drug-likeness (QED) is 0.216. The molecule has 0 saturated heterocycles. The molecule has 0 radical (unpaired) electrons. The highest BCUT2D eigenvalue weighted by Crippen LogP contribution is 2.24. The molecule has 0 saturated carbocycles. The first-order chi connectivity index (χ1) is 19.4. The van der Waals surface area contributed by atoms with Gasteiger partial charge in [-0.05, 0) is 63.8 Å². The zero-order valence-corrected chi connectivity index (χ0v) is 24.9. The lowest BCUT2D eigenvalue weighted by atomic mass is 9.91. The van der Waals surface area contributed by atoms with Crippen molar-refractivity contribution in [2.45, 2.75) is 71.8 Å². The van der Waals surface area contributed by atoms with Crippen LogP contribution in [0.15, 0.2) is 89.9 Å². The summed E-state index contributed by atoms with van der Waals surface area (Å²) in [4.78, 5) is 29.2. The van der Waals surface area contributed by atoms with Crippen LogP contribution in [0.4, 0.5) is 9.59 Å². The maximum atomic E-state index is 12.4. The molecule has 0 atom stereocenters. The molecule has 8 heteroatoms. The summed E-state index contributed by atoms with van der Waals surface area (Å²) in [5.41, 5.74) is 3.12. The number of aliphatic imine (C=N–C) groups is 1. The fourth-order valence-electron chi connectivity index (χ4n) is 4.08. The highest BCUT2D eigenvalue weighted by atomic mass is 16.6. The van der Waals surface area contributed by atoms with E-state index < -0.39 is 23.4 Å². The van der Waals surface area contributed by atoms with Gasteiger partial charge in [-0.3, -0.25) is 10.6 Å². The van der Waals surface area contributed by atoms with Gasteiger partial charge in [-0.1, -0.05) is 84.9 Å². The minimum absolute atomic E-state index is 0.0504. The van der Waals surface area contributed by atoms with E-state index in [9.17, 15) is 9.59 Å². The number of ether oxygens (including phenoxy) is 2. The Morgan fingerprint density at radius 1 is 0.707 bits per heavy atom. The van der Waals surface area contributed by atoms with Crippen molar-refractivity contribution in [1.29, 1.82) is 0 Å². The van der Waals surface area contributed by atoms with Gasteiger partial charge in [0.25, 0.3) is 0 Å². The molecule has 0 bridgehead atoms. The molecule has 218 valence electrons. The number of carbonyl (C=O) groups is 2. The van der Waals surface area contributed by atoms with Crippen molar-refractivity contribution < 1.29 is 19.1 Å². The fourth-order valence-corrected chi connectivity index (χ4v) is 4.08. The fraction of sp³-hybridized carbons (Fsp3) is 0.364. The Balaban J connectivity index is 1.67. The van der Waals surface area contributed by atoms with E-state index in [1.165, 1.54) is 11.1 Å². The number of carbonyl (C=O) groups excluding carboxylic acids is 2. The average molecular weight is 559 g/mol. The smallest absolute Gasteiger partial charge is 0.414 e. The molecule has 3 aromatic carbocycles. The minimum atomic E-state index is -0.725. The summed E-state index contributed by atoms with van der Waals surface area (Å²) in [7, 11) is 0. The highest BCUT2D eigenvalue weighted by Gasteiger charge is 2.21. The first kappa shape index (κ1) is 31.4. The molecular weight excluding hydrogens is 516 g/mol. The lowest BCUT2D eigenvalue weighted by molar-refractivity contribution is 0.0545. The Morgan fingerprint density at radius 3 is 1.68 bits per heavy atom. The molecule has 0 aliphatic heterocycles. The zero-order chi connectivity index (χ0) is 29.9. The van der Waals surface area contributed by atoms with Crippen molar-refractivity contribution >= 4 is 18.1 Å². The van der Waals surface area contributed by atoms with Crippen molar-refractivity contribution in [1.82, 2.24) is 16.0 Å². The summed E-state index contributed by atoms with van der Waals surface area (Å²) in [5, 5.41) is 8.64. The van der Waals surface area contributed by atoms with Gasteiger partial charge in [0.05, 0.1) is 6.54 Å². The van der Waals surface area contributed by atoms with Gasteiger partial charge in [-0.15, -0.1) is 0 Å². The third-order valence-electron chi connectivity index (χ3n) is 5.73. The number of guanidine groups is 1. The maximum absolute atomic E-state index is 12.4. The van der Waals surface area contributed by atoms with Gasteiger partial charge in [0.1, 0.15) is 11.2 Å². The van der Waals surface area contributed by atoms with Crippen molar-refractivity contribution in [3.63, 3.8) is 0 Å². The van der Waals surface area contributed by atoms with Crippen LogP contribution in [0.25, 0.3) is 0 Å². The molecule has 0 fully saturated rings. The van der Waals surface area contributed by atoms with Crippen LogP contribution in [-0.4, -0.2) is 35.9 Å². The van der Waals surface area contributed by atoms with Crippen LogP contribution >= 0.6 is 0 Å². The summed E-state index contributed by atoms with van der Waals surface area (Å²) in [6, 6.07) is 29.0. The standard InChI is InChI=1S/C33H42N4O4/c1-32(2,3)40-30(38)36-29(37-31(39)41-33(4,5)6)35-22-25-15-13-14-24(20-25)21-34-23-28(26-16-9-7-10-17-26)27-18-11-8-12-19-27/h7-20,28,34H,21-23H2,1-6H3,(H2,35,36,37,38,39). The summed E-state index contributed by atoms with van der Waals surface area (Å²) < 4.78 is 10.6. The summed E-state index contributed by atoms with van der Waals surface area (Å²) in [5.74, 6) is 0.177. The normalized spacial score (nSPS) is 11.5. The molecule has 3 aromatic rings. The molecule has 8 nitrogen and oxygen atoms in total. The lowest BCUT2D eigenvalue weighted by Gasteiger charge is -2.22. The van der Waals surface area contributed by atoms with E-state index in [1.54, 1.807) is 41.5 Å². The van der Waals surface area contributed by atoms with Gasteiger partial charge in [0, 0.05) is 19.0 Å². The number of nitrogens with one attached hydrogen (secondary N) is 3. The van der Waals surface area contributed by atoms with E-state index in [2.05, 4.69) is 81.6 Å². The Kier molecular flexibility index (Phi) is 11.1. The molecule has 0 spiro atoms. The maximum Gasteiger partial charge on any atom is 0.414 e. The third-order valence-corrected chi connectivity index (χ3v) is 5.73. The second kappa shape index (κ2) is 14.5. The van der Waals surface area contributed by atoms with Crippen molar-refractivity contribution in [2.75, 3.05) is 6.54 Å². The first-order valence-electron chi connectivity index (χ1n) is 13.8. The average Bonchev–Trinajstić information content (AvgIpc) is 2.89. The van der Waals surface area contributed by atoms with E-state index in [4.69, 9.17) is 9.47 Å². The lowest BCUT2D eigenvalue weighted by Crippen LogP contribution is -2.47. The summed E-state index contributed by atoms with van der Waals surface area (Å²) in [6.07, 6.45) is -1.45. The molecule has 2 amide bonds. The second-order valence-corrected chi connectivity index (χ2v) is 11.7. The molecule has 0 aliphatic carbocycles. The number of rotatable bonds is 8. The first-order valence-corrected chi connectivity index (χ1v) is 13.8. The van der Waals surface area contributed by atoms with E-state index in [-0.39, 0.29) is 18.4 Å². The van der Waals surface area contributed by atoms with Crippen LogP contribution in [0.3, 0.4) is 0 Å². The number of alkyl carbamates (subject to hydrolysis) is 2. The molecule has 0 aromatic heterocycles. The topological polar surface area (TPSA) is 101 Å². The van der Waals surface area contributed by atoms with Crippen LogP contribution in [0.2, 0.25) is 0 Å². The van der Waals surface area contributed by atoms with Gasteiger partial charge in [-0.25, -0.2) is 14.6 Å². The highest BCUT2D eigenvalue weighted by molar-refractivity contribution is 6.01. The predicted octanol–water partition coefficient (Wildman–Crippen LogP) is 6.51. The molecule has 0 unspecified atom stereocenters. The van der Waals surface area contributed by atoms with Gasteiger partial charge in [0.2, 0.25) is 5.96 Å². The van der Waals surface area contributed by atoms with Gasteiger partial charge in [0.15, 0.2) is 0 Å². The van der Waals surface area contributed by atoms with Crippen molar-refractivity contribution in [3.8, 4) is 0 Å². The molecule has 0 heterocycles. The van der Waals surface area contributed by atoms with Crippen LogP contribution in [0.1, 0.15) is 69.7 Å². The summed E-state index contributed by atoms with van der Waals surface area (Å²) in [6.45, 7) is 12.2. The number of nitrogens with zero attached hydrogens (tertiary/aromatic N) is 1. The number of hydrogen-bond donors (Lipinski definition) is 3.